The molecule has 3 N–H and O–H groups in total. The van der Waals surface area contributed by atoms with Crippen LogP contribution >= 0.6 is 11.8 Å². The summed E-state index contributed by atoms with van der Waals surface area (Å²) in [5.41, 5.74) is 8.61. The second-order valence-corrected chi connectivity index (χ2v) is 6.04. The van der Waals surface area contributed by atoms with Crippen molar-refractivity contribution in [1.29, 1.82) is 0 Å². The lowest BCUT2D eigenvalue weighted by atomic mass is 10.1. The molecule has 3 aromatic rings. The molecular weight excluding hydrogens is 304 g/mol. The van der Waals surface area contributed by atoms with Crippen LogP contribution in [0.4, 0.5) is 5.82 Å². The smallest absolute Gasteiger partial charge is 0.136 e. The van der Waals surface area contributed by atoms with Crippen LogP contribution < -0.4 is 11.1 Å². The highest BCUT2D eigenvalue weighted by Gasteiger charge is 2.10. The van der Waals surface area contributed by atoms with E-state index in [-0.39, 0.29) is 0 Å². The number of thioether (sulfide) groups is 1. The lowest BCUT2D eigenvalue weighted by Gasteiger charge is -2.12. The van der Waals surface area contributed by atoms with E-state index in [1.54, 1.807) is 11.8 Å². The topological polar surface area (TPSA) is 63.8 Å². The molecule has 0 fully saturated rings. The van der Waals surface area contributed by atoms with E-state index in [0.717, 1.165) is 40.9 Å². The number of nitrogens with one attached hydrogen (secondary N) is 1. The van der Waals surface area contributed by atoms with Gasteiger partial charge in [-0.15, -0.1) is 11.8 Å². The van der Waals surface area contributed by atoms with Crippen LogP contribution in [0, 0.1) is 0 Å². The van der Waals surface area contributed by atoms with Crippen LogP contribution in [0.2, 0.25) is 0 Å². The molecule has 0 atom stereocenters. The normalized spacial score (nSPS) is 10.9. The molecule has 0 saturated heterocycles. The fraction of sp³-hybridized carbons (Fsp3) is 0.222. The van der Waals surface area contributed by atoms with Crippen LogP contribution in [0.5, 0.6) is 0 Å². The Morgan fingerprint density at radius 3 is 2.87 bits per heavy atom. The van der Waals surface area contributed by atoms with Crippen molar-refractivity contribution in [2.75, 3.05) is 24.7 Å². The quantitative estimate of drug-likeness (QED) is 0.534. The maximum Gasteiger partial charge on any atom is 0.136 e. The van der Waals surface area contributed by atoms with Crippen LogP contribution in [-0.4, -0.2) is 29.3 Å². The molecule has 3 rings (SSSR count). The molecule has 0 spiro atoms. The highest BCUT2D eigenvalue weighted by molar-refractivity contribution is 7.98. The van der Waals surface area contributed by atoms with Gasteiger partial charge in [-0.05, 0) is 43.5 Å². The van der Waals surface area contributed by atoms with Gasteiger partial charge in [0.05, 0.1) is 11.2 Å². The van der Waals surface area contributed by atoms with Crippen molar-refractivity contribution in [2.24, 2.45) is 5.73 Å². The molecule has 0 aliphatic rings. The maximum absolute atomic E-state index is 5.59. The first-order chi connectivity index (χ1) is 11.3. The summed E-state index contributed by atoms with van der Waals surface area (Å²) in [7, 11) is 0. The molecule has 0 bridgehead atoms. The number of fused-ring (bicyclic) bond motifs is 1. The fourth-order valence-electron chi connectivity index (χ4n) is 2.51. The van der Waals surface area contributed by atoms with Crippen LogP contribution in [0.25, 0.3) is 22.2 Å². The minimum atomic E-state index is 0.665. The van der Waals surface area contributed by atoms with E-state index in [2.05, 4.69) is 40.8 Å². The van der Waals surface area contributed by atoms with Crippen molar-refractivity contribution < 1.29 is 0 Å². The summed E-state index contributed by atoms with van der Waals surface area (Å²) in [5, 5.41) is 4.44. The summed E-state index contributed by atoms with van der Waals surface area (Å²) in [5.74, 6) is 0.870. The molecule has 1 aromatic carbocycles. The fourth-order valence-corrected chi connectivity index (χ4v) is 3.12. The Labute approximate surface area is 140 Å². The zero-order valence-corrected chi connectivity index (χ0v) is 13.9. The van der Waals surface area contributed by atoms with Crippen molar-refractivity contribution >= 4 is 28.5 Å². The first-order valence-corrected chi connectivity index (χ1v) is 8.89. The first-order valence-electron chi connectivity index (χ1n) is 7.66. The number of benzene rings is 1. The summed E-state index contributed by atoms with van der Waals surface area (Å²) >= 11 is 1.73. The molecule has 23 heavy (non-hydrogen) atoms. The molecule has 0 amide bonds. The van der Waals surface area contributed by atoms with E-state index in [9.17, 15) is 0 Å². The van der Waals surface area contributed by atoms with E-state index >= 15 is 0 Å². The van der Waals surface area contributed by atoms with Crippen LogP contribution in [0.1, 0.15) is 6.42 Å². The van der Waals surface area contributed by atoms with E-state index in [0.29, 0.717) is 6.54 Å². The van der Waals surface area contributed by atoms with Crippen LogP contribution in [0.15, 0.2) is 53.6 Å². The average molecular weight is 324 g/mol. The highest BCUT2D eigenvalue weighted by Crippen LogP contribution is 2.32. The van der Waals surface area contributed by atoms with E-state index in [1.807, 2.05) is 24.4 Å². The van der Waals surface area contributed by atoms with Gasteiger partial charge in [0, 0.05) is 28.6 Å². The zero-order chi connectivity index (χ0) is 16.1. The third kappa shape index (κ3) is 3.46. The SMILES string of the molecule is CSc1ccccc1-c1cc2ncccc2c(NCCCN)n1. The standard InChI is InChI=1S/C18H20N4S/c1-23-17-8-3-2-6-13(17)16-12-15-14(7-4-10-20-15)18(22-16)21-11-5-9-19/h2-4,6-8,10,12H,5,9,11,19H2,1H3,(H,21,22). The third-order valence-electron chi connectivity index (χ3n) is 3.66. The molecule has 0 aliphatic carbocycles. The number of rotatable bonds is 6. The Balaban J connectivity index is 2.10. The van der Waals surface area contributed by atoms with Crippen molar-refractivity contribution in [3.63, 3.8) is 0 Å². The predicted molar refractivity (Wildman–Crippen MR) is 98.9 cm³/mol. The van der Waals surface area contributed by atoms with Crippen molar-refractivity contribution in [1.82, 2.24) is 9.97 Å². The molecule has 5 heteroatoms. The Hall–Kier alpha value is -2.11. The van der Waals surface area contributed by atoms with E-state index < -0.39 is 0 Å². The largest absolute Gasteiger partial charge is 0.369 e. The van der Waals surface area contributed by atoms with Gasteiger partial charge < -0.3 is 11.1 Å². The van der Waals surface area contributed by atoms with Gasteiger partial charge in [0.15, 0.2) is 0 Å². The summed E-state index contributed by atoms with van der Waals surface area (Å²) in [4.78, 5) is 10.6. The van der Waals surface area contributed by atoms with Crippen molar-refractivity contribution in [2.45, 2.75) is 11.3 Å². The first kappa shape index (κ1) is 15.8. The number of hydrogen-bond acceptors (Lipinski definition) is 5. The van der Waals surface area contributed by atoms with Crippen LogP contribution in [-0.2, 0) is 0 Å². The van der Waals surface area contributed by atoms with E-state index in [4.69, 9.17) is 10.7 Å². The molecule has 2 aromatic heterocycles. The minimum Gasteiger partial charge on any atom is -0.369 e. The number of anilines is 1. The number of aromatic nitrogens is 2. The Bertz CT molecular complexity index is 804. The number of pyridine rings is 2. The van der Waals surface area contributed by atoms with Gasteiger partial charge in [-0.1, -0.05) is 18.2 Å². The summed E-state index contributed by atoms with van der Waals surface area (Å²) in [6, 6.07) is 14.4. The second kappa shape index (κ2) is 7.44. The number of hydrogen-bond donors (Lipinski definition) is 2. The Morgan fingerprint density at radius 2 is 2.04 bits per heavy atom. The van der Waals surface area contributed by atoms with Crippen LogP contribution in [0.3, 0.4) is 0 Å². The molecule has 0 aliphatic heterocycles. The highest BCUT2D eigenvalue weighted by atomic mass is 32.2. The monoisotopic (exact) mass is 324 g/mol. The van der Waals surface area contributed by atoms with Gasteiger partial charge in [-0.25, -0.2) is 4.98 Å². The van der Waals surface area contributed by atoms with Gasteiger partial charge in [0.1, 0.15) is 5.82 Å². The molecule has 2 heterocycles. The summed E-state index contributed by atoms with van der Waals surface area (Å²) < 4.78 is 0. The van der Waals surface area contributed by atoms with Gasteiger partial charge >= 0.3 is 0 Å². The Kier molecular flexibility index (Phi) is 5.10. The molecular formula is C18H20N4S. The van der Waals surface area contributed by atoms with Gasteiger partial charge in [-0.2, -0.15) is 0 Å². The minimum absolute atomic E-state index is 0.665. The molecule has 0 unspecified atom stereocenters. The second-order valence-electron chi connectivity index (χ2n) is 5.20. The average Bonchev–Trinajstić information content (AvgIpc) is 2.61. The number of nitrogens with two attached hydrogens (primary N) is 1. The molecule has 4 nitrogen and oxygen atoms in total. The molecule has 118 valence electrons. The number of nitrogens with zero attached hydrogens (tertiary/aromatic N) is 2. The summed E-state index contributed by atoms with van der Waals surface area (Å²) in [6.07, 6.45) is 4.81. The van der Waals surface area contributed by atoms with Crippen molar-refractivity contribution in [3.8, 4) is 11.3 Å². The van der Waals surface area contributed by atoms with Gasteiger partial charge in [-0.3, -0.25) is 4.98 Å². The van der Waals surface area contributed by atoms with Gasteiger partial charge in [0.2, 0.25) is 0 Å². The zero-order valence-electron chi connectivity index (χ0n) is 13.1. The Morgan fingerprint density at radius 1 is 1.17 bits per heavy atom. The predicted octanol–water partition coefficient (Wildman–Crippen LogP) is 3.78. The molecule has 0 radical (unpaired) electrons. The lowest BCUT2D eigenvalue weighted by Crippen LogP contribution is -2.10. The van der Waals surface area contributed by atoms with Crippen molar-refractivity contribution in [3.05, 3.63) is 48.7 Å². The maximum atomic E-state index is 5.59. The third-order valence-corrected chi connectivity index (χ3v) is 4.45. The summed E-state index contributed by atoms with van der Waals surface area (Å²) in [6.45, 7) is 1.47. The molecule has 0 saturated carbocycles. The van der Waals surface area contributed by atoms with E-state index in [1.165, 1.54) is 4.90 Å². The lowest BCUT2D eigenvalue weighted by molar-refractivity contribution is 0.871. The van der Waals surface area contributed by atoms with Gasteiger partial charge in [0.25, 0.3) is 0 Å².